The summed E-state index contributed by atoms with van der Waals surface area (Å²) in [5.74, 6) is 0.941. The van der Waals surface area contributed by atoms with Crippen molar-refractivity contribution in [2.24, 2.45) is 0 Å². The fourth-order valence-electron chi connectivity index (χ4n) is 2.61. The lowest BCUT2D eigenvalue weighted by Gasteiger charge is -2.53. The second-order valence-corrected chi connectivity index (χ2v) is 5.63. The summed E-state index contributed by atoms with van der Waals surface area (Å²) in [5.41, 5.74) is 2.56. The number of hydrogen-bond acceptors (Lipinski definition) is 3. The minimum Gasteiger partial charge on any atom is -0.496 e. The van der Waals surface area contributed by atoms with Crippen LogP contribution in [0, 0.1) is 6.92 Å². The quantitative estimate of drug-likeness (QED) is 0.888. The number of nitrogens with one attached hydrogen (secondary N) is 1. The molecule has 1 fully saturated rings. The van der Waals surface area contributed by atoms with Gasteiger partial charge in [0.2, 0.25) is 0 Å². The Bertz CT molecular complexity index is 436. The van der Waals surface area contributed by atoms with Gasteiger partial charge >= 0.3 is 0 Å². The highest BCUT2D eigenvalue weighted by molar-refractivity contribution is 5.42. The maximum absolute atomic E-state index is 5.51. The van der Waals surface area contributed by atoms with E-state index in [0.29, 0.717) is 0 Å². The van der Waals surface area contributed by atoms with E-state index in [4.69, 9.17) is 9.47 Å². The first kappa shape index (κ1) is 13.4. The zero-order chi connectivity index (χ0) is 13.4. The Balaban J connectivity index is 2.43. The van der Waals surface area contributed by atoms with Gasteiger partial charge in [-0.1, -0.05) is 12.1 Å². The van der Waals surface area contributed by atoms with Gasteiger partial charge < -0.3 is 14.8 Å². The van der Waals surface area contributed by atoms with Crippen molar-refractivity contribution in [2.75, 3.05) is 27.4 Å². The molecule has 0 atom stereocenters. The van der Waals surface area contributed by atoms with Crippen molar-refractivity contribution in [2.45, 2.75) is 31.7 Å². The van der Waals surface area contributed by atoms with Gasteiger partial charge in [-0.15, -0.1) is 0 Å². The average Bonchev–Trinajstić information content (AvgIpc) is 2.27. The topological polar surface area (TPSA) is 30.5 Å². The molecule has 1 N–H and O–H groups in total. The number of benzene rings is 1. The third-order valence-corrected chi connectivity index (χ3v) is 4.47. The minimum atomic E-state index is 0.00623. The first-order valence-corrected chi connectivity index (χ1v) is 6.38. The average molecular weight is 249 g/mol. The van der Waals surface area contributed by atoms with Crippen molar-refractivity contribution in [3.8, 4) is 5.75 Å². The van der Waals surface area contributed by atoms with Gasteiger partial charge in [0.25, 0.3) is 0 Å². The van der Waals surface area contributed by atoms with Crippen LogP contribution in [0.1, 0.15) is 25.0 Å². The van der Waals surface area contributed by atoms with Crippen LogP contribution < -0.4 is 10.1 Å². The van der Waals surface area contributed by atoms with Crippen molar-refractivity contribution >= 4 is 0 Å². The molecule has 1 aromatic carbocycles. The third kappa shape index (κ3) is 1.82. The summed E-state index contributed by atoms with van der Waals surface area (Å²) in [7, 11) is 3.72. The largest absolute Gasteiger partial charge is 0.496 e. The molecule has 0 amide bonds. The van der Waals surface area contributed by atoms with Crippen molar-refractivity contribution in [3.63, 3.8) is 0 Å². The van der Waals surface area contributed by atoms with Gasteiger partial charge in [0.1, 0.15) is 5.75 Å². The first-order chi connectivity index (χ1) is 8.47. The Kier molecular flexibility index (Phi) is 3.39. The number of rotatable bonds is 4. The van der Waals surface area contributed by atoms with E-state index in [0.717, 1.165) is 19.0 Å². The molecule has 0 bridgehead atoms. The summed E-state index contributed by atoms with van der Waals surface area (Å²) >= 11 is 0. The molecule has 1 heterocycles. The van der Waals surface area contributed by atoms with Gasteiger partial charge in [-0.05, 0) is 45.0 Å². The molecule has 0 unspecified atom stereocenters. The van der Waals surface area contributed by atoms with Crippen molar-refractivity contribution in [1.82, 2.24) is 5.32 Å². The molecule has 3 nitrogen and oxygen atoms in total. The molecule has 100 valence electrons. The molecule has 0 saturated carbocycles. The van der Waals surface area contributed by atoms with Crippen LogP contribution in [0.2, 0.25) is 0 Å². The van der Waals surface area contributed by atoms with Crippen LogP contribution >= 0.6 is 0 Å². The van der Waals surface area contributed by atoms with Crippen LogP contribution in [0.25, 0.3) is 0 Å². The lowest BCUT2D eigenvalue weighted by atomic mass is 9.65. The molecule has 1 aliphatic rings. The zero-order valence-corrected chi connectivity index (χ0v) is 12.0. The van der Waals surface area contributed by atoms with E-state index in [1.165, 1.54) is 11.1 Å². The number of hydrogen-bond donors (Lipinski definition) is 1. The van der Waals surface area contributed by atoms with Crippen molar-refractivity contribution in [3.05, 3.63) is 29.3 Å². The molecule has 0 radical (unpaired) electrons. The van der Waals surface area contributed by atoms with Crippen molar-refractivity contribution in [1.29, 1.82) is 0 Å². The lowest BCUT2D eigenvalue weighted by Crippen LogP contribution is -2.65. The number of aryl methyl sites for hydroxylation is 1. The van der Waals surface area contributed by atoms with Gasteiger partial charge in [0, 0.05) is 5.54 Å². The molecule has 0 spiro atoms. The number of likely N-dealkylation sites (N-methyl/N-ethyl adjacent to an activating group) is 1. The molecule has 1 saturated heterocycles. The number of methoxy groups -OCH3 is 1. The number of ether oxygens (including phenoxy) is 2. The molecule has 18 heavy (non-hydrogen) atoms. The third-order valence-electron chi connectivity index (χ3n) is 4.47. The highest BCUT2D eigenvalue weighted by Gasteiger charge is 2.51. The van der Waals surface area contributed by atoms with E-state index in [1.807, 2.05) is 7.05 Å². The Labute approximate surface area is 109 Å². The molecule has 0 aliphatic carbocycles. The molecule has 1 aliphatic heterocycles. The van der Waals surface area contributed by atoms with Crippen LogP contribution in [0.5, 0.6) is 5.75 Å². The summed E-state index contributed by atoms with van der Waals surface area (Å²) in [6.45, 7) is 8.09. The van der Waals surface area contributed by atoms with Crippen LogP contribution in [0.4, 0.5) is 0 Å². The Morgan fingerprint density at radius 1 is 1.33 bits per heavy atom. The maximum Gasteiger partial charge on any atom is 0.121 e. The van der Waals surface area contributed by atoms with E-state index in [-0.39, 0.29) is 11.0 Å². The van der Waals surface area contributed by atoms with E-state index in [1.54, 1.807) is 7.11 Å². The van der Waals surface area contributed by atoms with Gasteiger partial charge in [0.05, 0.1) is 25.7 Å². The molecule has 1 aromatic rings. The van der Waals surface area contributed by atoms with Crippen LogP contribution in [0.15, 0.2) is 18.2 Å². The van der Waals surface area contributed by atoms with Gasteiger partial charge in [-0.2, -0.15) is 0 Å². The van der Waals surface area contributed by atoms with Crippen molar-refractivity contribution < 1.29 is 9.47 Å². The fraction of sp³-hybridized carbons (Fsp3) is 0.600. The standard InChI is InChI=1S/C15H23NO2/c1-11-8-12(6-7-13(11)17-5)15(9-18-10-15)14(2,3)16-4/h6-8,16H,9-10H2,1-5H3. The zero-order valence-electron chi connectivity index (χ0n) is 12.0. The second kappa shape index (κ2) is 4.56. The van der Waals surface area contributed by atoms with Gasteiger partial charge in [-0.25, -0.2) is 0 Å². The van der Waals surface area contributed by atoms with Crippen LogP contribution in [0.3, 0.4) is 0 Å². The monoisotopic (exact) mass is 249 g/mol. The molecular formula is C15H23NO2. The summed E-state index contributed by atoms with van der Waals surface area (Å²) in [5, 5.41) is 3.42. The predicted octanol–water partition coefficient (Wildman–Crippen LogP) is 2.27. The molecule has 0 aromatic heterocycles. The Morgan fingerprint density at radius 3 is 2.39 bits per heavy atom. The first-order valence-electron chi connectivity index (χ1n) is 6.38. The van der Waals surface area contributed by atoms with Crippen LogP contribution in [-0.2, 0) is 10.2 Å². The SMILES string of the molecule is CNC(C)(C)C1(c2ccc(OC)c(C)c2)COC1. The Morgan fingerprint density at radius 2 is 2.00 bits per heavy atom. The van der Waals surface area contributed by atoms with E-state index >= 15 is 0 Å². The predicted molar refractivity (Wildman–Crippen MR) is 73.4 cm³/mol. The Hall–Kier alpha value is -1.06. The van der Waals surface area contributed by atoms with Gasteiger partial charge in [-0.3, -0.25) is 0 Å². The summed E-state index contributed by atoms with van der Waals surface area (Å²) in [6.07, 6.45) is 0. The van der Waals surface area contributed by atoms with Crippen LogP contribution in [-0.4, -0.2) is 32.9 Å². The summed E-state index contributed by atoms with van der Waals surface area (Å²) in [4.78, 5) is 0. The lowest BCUT2D eigenvalue weighted by molar-refractivity contribution is -0.0991. The van der Waals surface area contributed by atoms with E-state index in [9.17, 15) is 0 Å². The van der Waals surface area contributed by atoms with E-state index < -0.39 is 0 Å². The fourth-order valence-corrected chi connectivity index (χ4v) is 2.61. The highest BCUT2D eigenvalue weighted by Crippen LogP contribution is 2.42. The second-order valence-electron chi connectivity index (χ2n) is 5.63. The smallest absolute Gasteiger partial charge is 0.121 e. The summed E-state index contributed by atoms with van der Waals surface area (Å²) < 4.78 is 10.8. The minimum absolute atomic E-state index is 0.00623. The normalized spacial score (nSPS) is 18.3. The highest BCUT2D eigenvalue weighted by atomic mass is 16.5. The molecular weight excluding hydrogens is 226 g/mol. The van der Waals surface area contributed by atoms with Gasteiger partial charge in [0.15, 0.2) is 0 Å². The summed E-state index contributed by atoms with van der Waals surface area (Å²) in [6, 6.07) is 6.43. The maximum atomic E-state index is 5.51. The molecule has 3 heteroatoms. The molecule has 2 rings (SSSR count). The van der Waals surface area contributed by atoms with E-state index in [2.05, 4.69) is 44.3 Å².